The van der Waals surface area contributed by atoms with Gasteiger partial charge in [0.1, 0.15) is 5.78 Å². The first kappa shape index (κ1) is 10.4. The molecule has 1 aromatic carbocycles. The molecule has 0 N–H and O–H groups in total. The van der Waals surface area contributed by atoms with E-state index >= 15 is 0 Å². The van der Waals surface area contributed by atoms with Crippen molar-refractivity contribution < 1.29 is 4.79 Å². The summed E-state index contributed by atoms with van der Waals surface area (Å²) >= 11 is 0. The van der Waals surface area contributed by atoms with Gasteiger partial charge in [0.25, 0.3) is 0 Å². The largest absolute Gasteiger partial charge is 0.299 e. The molecule has 0 aromatic heterocycles. The Morgan fingerprint density at radius 3 is 2.33 bits per heavy atom. The van der Waals surface area contributed by atoms with Crippen molar-refractivity contribution in [2.45, 2.75) is 33.1 Å². The van der Waals surface area contributed by atoms with Crippen LogP contribution in [0.25, 0.3) is 0 Å². The van der Waals surface area contributed by atoms with Crippen LogP contribution in [0.3, 0.4) is 0 Å². The third-order valence-corrected chi connectivity index (χ3v) is 3.09. The van der Waals surface area contributed by atoms with Gasteiger partial charge in [-0.3, -0.25) is 4.79 Å². The fourth-order valence-corrected chi connectivity index (χ4v) is 2.11. The number of benzene rings is 1. The normalized spacial score (nSPS) is 25.0. The molecule has 1 heteroatoms. The lowest BCUT2D eigenvalue weighted by atomic mass is 9.87. The average Bonchev–Trinajstić information content (AvgIpc) is 2.96. The predicted molar refractivity (Wildman–Crippen MR) is 61.8 cm³/mol. The van der Waals surface area contributed by atoms with E-state index in [1.165, 1.54) is 5.56 Å². The summed E-state index contributed by atoms with van der Waals surface area (Å²) in [5.41, 5.74) is 1.13. The number of carbonyl (C=O) groups is 1. The zero-order valence-corrected chi connectivity index (χ0v) is 9.66. The number of hydrogen-bond acceptors (Lipinski definition) is 1. The van der Waals surface area contributed by atoms with Crippen molar-refractivity contribution >= 4 is 5.78 Å². The number of Topliss-reactive ketones (excluding diaryl/α,β-unsaturated/α-hetero) is 1. The molecule has 0 spiro atoms. The molecule has 0 unspecified atom stereocenters. The van der Waals surface area contributed by atoms with Crippen LogP contribution in [0, 0.1) is 11.3 Å². The highest BCUT2D eigenvalue weighted by Gasteiger charge is 2.46. The minimum Gasteiger partial charge on any atom is -0.299 e. The summed E-state index contributed by atoms with van der Waals surface area (Å²) < 4.78 is 0. The summed E-state index contributed by atoms with van der Waals surface area (Å²) in [6, 6.07) is 10.4. The molecule has 1 fully saturated rings. The number of rotatable bonds is 2. The maximum Gasteiger partial charge on any atom is 0.141 e. The summed E-state index contributed by atoms with van der Waals surface area (Å²) in [5, 5.41) is 0. The zero-order valence-electron chi connectivity index (χ0n) is 9.66. The van der Waals surface area contributed by atoms with Gasteiger partial charge < -0.3 is 0 Å². The van der Waals surface area contributed by atoms with Gasteiger partial charge in [-0.15, -0.1) is 0 Å². The molecule has 1 aliphatic carbocycles. The molecule has 0 amide bonds. The van der Waals surface area contributed by atoms with Crippen LogP contribution < -0.4 is 0 Å². The number of ketones is 1. The van der Waals surface area contributed by atoms with Crippen molar-refractivity contribution in [1.29, 1.82) is 0 Å². The van der Waals surface area contributed by atoms with E-state index in [2.05, 4.69) is 12.1 Å². The van der Waals surface area contributed by atoms with E-state index in [-0.39, 0.29) is 11.3 Å². The molecule has 15 heavy (non-hydrogen) atoms. The molecule has 0 radical (unpaired) electrons. The molecule has 0 saturated heterocycles. The number of hydrogen-bond donors (Lipinski definition) is 0. The number of carbonyl (C=O) groups excluding carboxylic acids is 1. The zero-order chi connectivity index (χ0) is 11.1. The molecule has 0 bridgehead atoms. The van der Waals surface area contributed by atoms with Gasteiger partial charge in [-0.2, -0.15) is 0 Å². The fourth-order valence-electron chi connectivity index (χ4n) is 2.11. The van der Waals surface area contributed by atoms with Crippen molar-refractivity contribution in [1.82, 2.24) is 0 Å². The van der Waals surface area contributed by atoms with E-state index in [4.69, 9.17) is 0 Å². The minimum atomic E-state index is -0.186. The van der Waals surface area contributed by atoms with Crippen LogP contribution in [0.1, 0.15) is 38.7 Å². The molecule has 2 atom stereocenters. The van der Waals surface area contributed by atoms with E-state index in [1.807, 2.05) is 39.0 Å². The highest BCUT2D eigenvalue weighted by atomic mass is 16.1. The predicted octanol–water partition coefficient (Wildman–Crippen LogP) is 3.41. The highest BCUT2D eigenvalue weighted by Crippen LogP contribution is 2.50. The Balaban J connectivity index is 2.06. The second-order valence-electron chi connectivity index (χ2n) is 5.47. The third kappa shape index (κ3) is 2.11. The second-order valence-corrected chi connectivity index (χ2v) is 5.47. The van der Waals surface area contributed by atoms with E-state index in [0.717, 1.165) is 6.42 Å². The smallest absolute Gasteiger partial charge is 0.141 e. The first-order chi connectivity index (χ1) is 7.00. The first-order valence-corrected chi connectivity index (χ1v) is 5.59. The van der Waals surface area contributed by atoms with E-state index in [1.54, 1.807) is 0 Å². The Bertz CT molecular complexity index is 359. The highest BCUT2D eigenvalue weighted by molar-refractivity contribution is 5.89. The van der Waals surface area contributed by atoms with Gasteiger partial charge in [-0.05, 0) is 17.9 Å². The van der Waals surface area contributed by atoms with Crippen LogP contribution >= 0.6 is 0 Å². The Kier molecular flexibility index (Phi) is 2.41. The van der Waals surface area contributed by atoms with Crippen molar-refractivity contribution in [3.05, 3.63) is 35.9 Å². The molecule has 1 aromatic rings. The van der Waals surface area contributed by atoms with Crippen molar-refractivity contribution in [3.63, 3.8) is 0 Å². The molecule has 1 saturated carbocycles. The summed E-state index contributed by atoms with van der Waals surface area (Å²) in [5.74, 6) is 1.17. The van der Waals surface area contributed by atoms with Crippen LogP contribution in [0.2, 0.25) is 0 Å². The standard InChI is InChI=1S/C14H18O/c1-14(2,3)13(15)12-9-11(12)10-7-5-4-6-8-10/h4-8,11-12H,9H2,1-3H3/t11-,12+/m0/s1. The quantitative estimate of drug-likeness (QED) is 0.718. The molecule has 80 valence electrons. The van der Waals surface area contributed by atoms with Crippen molar-refractivity contribution in [3.8, 4) is 0 Å². The Morgan fingerprint density at radius 2 is 1.80 bits per heavy atom. The summed E-state index contributed by atoms with van der Waals surface area (Å²) in [7, 11) is 0. The van der Waals surface area contributed by atoms with Gasteiger partial charge in [-0.25, -0.2) is 0 Å². The van der Waals surface area contributed by atoms with Gasteiger partial charge >= 0.3 is 0 Å². The topological polar surface area (TPSA) is 17.1 Å². The fraction of sp³-hybridized carbons (Fsp3) is 0.500. The lowest BCUT2D eigenvalue weighted by Gasteiger charge is -2.16. The van der Waals surface area contributed by atoms with E-state index < -0.39 is 0 Å². The van der Waals surface area contributed by atoms with Crippen LogP contribution in [-0.4, -0.2) is 5.78 Å². The van der Waals surface area contributed by atoms with Gasteiger partial charge in [0, 0.05) is 11.3 Å². The van der Waals surface area contributed by atoms with Crippen LogP contribution in [0.4, 0.5) is 0 Å². The third-order valence-electron chi connectivity index (χ3n) is 3.09. The molecular weight excluding hydrogens is 184 g/mol. The Morgan fingerprint density at radius 1 is 1.20 bits per heavy atom. The van der Waals surface area contributed by atoms with Gasteiger partial charge in [0.2, 0.25) is 0 Å². The lowest BCUT2D eigenvalue weighted by Crippen LogP contribution is -2.22. The van der Waals surface area contributed by atoms with E-state index in [0.29, 0.717) is 11.7 Å². The SMILES string of the molecule is CC(C)(C)C(=O)[C@@H]1C[C@H]1c1ccccc1. The Hall–Kier alpha value is -1.11. The second kappa shape index (κ2) is 3.48. The Labute approximate surface area is 91.5 Å². The maximum atomic E-state index is 12.0. The van der Waals surface area contributed by atoms with Gasteiger partial charge in [0.05, 0.1) is 0 Å². The monoisotopic (exact) mass is 202 g/mol. The van der Waals surface area contributed by atoms with Crippen LogP contribution in [0.5, 0.6) is 0 Å². The molecule has 2 rings (SSSR count). The lowest BCUT2D eigenvalue weighted by molar-refractivity contribution is -0.127. The molecule has 1 nitrogen and oxygen atoms in total. The summed E-state index contributed by atoms with van der Waals surface area (Å²) in [6.07, 6.45) is 1.04. The van der Waals surface area contributed by atoms with Gasteiger partial charge in [-0.1, -0.05) is 51.1 Å². The van der Waals surface area contributed by atoms with Crippen molar-refractivity contribution in [2.75, 3.05) is 0 Å². The summed E-state index contributed by atoms with van der Waals surface area (Å²) in [6.45, 7) is 6.03. The van der Waals surface area contributed by atoms with E-state index in [9.17, 15) is 4.79 Å². The maximum absolute atomic E-state index is 12.0. The molecule has 0 aliphatic heterocycles. The van der Waals surface area contributed by atoms with Crippen LogP contribution in [-0.2, 0) is 4.79 Å². The summed E-state index contributed by atoms with van der Waals surface area (Å²) in [4.78, 5) is 12.0. The van der Waals surface area contributed by atoms with Gasteiger partial charge in [0.15, 0.2) is 0 Å². The average molecular weight is 202 g/mol. The van der Waals surface area contributed by atoms with Crippen LogP contribution in [0.15, 0.2) is 30.3 Å². The first-order valence-electron chi connectivity index (χ1n) is 5.59. The molecule has 1 aliphatic rings. The molecule has 0 heterocycles. The minimum absolute atomic E-state index is 0.186. The van der Waals surface area contributed by atoms with Crippen molar-refractivity contribution in [2.24, 2.45) is 11.3 Å². The molecular formula is C14H18O.